The number of hydrogen-bond donors (Lipinski definition) is 1. The molecule has 0 radical (unpaired) electrons. The van der Waals surface area contributed by atoms with Crippen molar-refractivity contribution >= 4 is 5.91 Å². The molecular formula is C19H21FN2O. The van der Waals surface area contributed by atoms with Crippen LogP contribution < -0.4 is 5.32 Å². The van der Waals surface area contributed by atoms with Gasteiger partial charge in [0.05, 0.1) is 5.92 Å². The summed E-state index contributed by atoms with van der Waals surface area (Å²) in [6.07, 6.45) is 0. The summed E-state index contributed by atoms with van der Waals surface area (Å²) in [6, 6.07) is 16.4. The number of carbonyl (C=O) groups excluding carboxylic acids is 1. The molecule has 1 aliphatic heterocycles. The van der Waals surface area contributed by atoms with Gasteiger partial charge in [-0.1, -0.05) is 42.5 Å². The van der Waals surface area contributed by atoms with E-state index in [0.717, 1.165) is 18.7 Å². The number of nitrogens with zero attached hydrogens (tertiary/aromatic N) is 1. The number of hydrogen-bond acceptors (Lipinski definition) is 2. The smallest absolute Gasteiger partial charge is 0.225 e. The van der Waals surface area contributed by atoms with Gasteiger partial charge in [0.2, 0.25) is 5.91 Å². The number of halogens is 1. The van der Waals surface area contributed by atoms with Crippen molar-refractivity contribution in [2.75, 3.05) is 20.1 Å². The standard InChI is InChI=1S/C19H21FN2O/c1-22-12-17(15-5-3-2-4-6-15)18(13-22)19(23)21-11-14-7-9-16(20)10-8-14/h2-10,17-18H,11-13H2,1H3,(H,21,23)/t17-,18+/m1/s1. The second-order valence-electron chi connectivity index (χ2n) is 6.19. The lowest BCUT2D eigenvalue weighted by Crippen LogP contribution is -2.34. The zero-order chi connectivity index (χ0) is 16.2. The first kappa shape index (κ1) is 15.7. The van der Waals surface area contributed by atoms with Gasteiger partial charge < -0.3 is 10.2 Å². The number of likely N-dealkylation sites (N-methyl/N-ethyl adjacent to an activating group) is 1. The predicted molar refractivity (Wildman–Crippen MR) is 88.4 cm³/mol. The van der Waals surface area contributed by atoms with E-state index in [1.54, 1.807) is 12.1 Å². The average molecular weight is 312 g/mol. The lowest BCUT2D eigenvalue weighted by molar-refractivity contribution is -0.125. The topological polar surface area (TPSA) is 32.3 Å². The Labute approximate surface area is 136 Å². The molecule has 0 spiro atoms. The molecule has 23 heavy (non-hydrogen) atoms. The summed E-state index contributed by atoms with van der Waals surface area (Å²) in [5, 5.41) is 2.99. The number of amides is 1. The zero-order valence-electron chi connectivity index (χ0n) is 13.2. The minimum absolute atomic E-state index is 0.0529. The molecule has 1 heterocycles. The molecule has 2 aromatic rings. The van der Waals surface area contributed by atoms with Crippen molar-refractivity contribution in [1.82, 2.24) is 10.2 Å². The van der Waals surface area contributed by atoms with Crippen LogP contribution in [-0.4, -0.2) is 30.9 Å². The average Bonchev–Trinajstić information content (AvgIpc) is 2.97. The lowest BCUT2D eigenvalue weighted by Gasteiger charge is -2.18. The summed E-state index contributed by atoms with van der Waals surface area (Å²) >= 11 is 0. The van der Waals surface area contributed by atoms with Crippen molar-refractivity contribution < 1.29 is 9.18 Å². The normalized spacial score (nSPS) is 21.3. The molecule has 3 rings (SSSR count). The molecule has 0 saturated carbocycles. The molecule has 1 aliphatic rings. The fourth-order valence-corrected chi connectivity index (χ4v) is 3.23. The van der Waals surface area contributed by atoms with Crippen molar-refractivity contribution in [1.29, 1.82) is 0 Å². The Morgan fingerprint density at radius 3 is 2.52 bits per heavy atom. The number of likely N-dealkylation sites (tertiary alicyclic amines) is 1. The Morgan fingerprint density at radius 2 is 1.83 bits per heavy atom. The van der Waals surface area contributed by atoms with E-state index in [-0.39, 0.29) is 23.6 Å². The van der Waals surface area contributed by atoms with Crippen molar-refractivity contribution in [3.63, 3.8) is 0 Å². The number of rotatable bonds is 4. The largest absolute Gasteiger partial charge is 0.352 e. The van der Waals surface area contributed by atoms with Crippen molar-refractivity contribution in [2.45, 2.75) is 12.5 Å². The summed E-state index contributed by atoms with van der Waals surface area (Å²) < 4.78 is 12.9. The Balaban J connectivity index is 1.66. The molecule has 1 amide bonds. The maximum Gasteiger partial charge on any atom is 0.225 e. The molecule has 3 nitrogen and oxygen atoms in total. The van der Waals surface area contributed by atoms with Crippen LogP contribution in [0.5, 0.6) is 0 Å². The van der Waals surface area contributed by atoms with E-state index < -0.39 is 0 Å². The SMILES string of the molecule is CN1C[C@H](C(=O)NCc2ccc(F)cc2)[C@@H](c2ccccc2)C1. The molecule has 0 unspecified atom stereocenters. The fraction of sp³-hybridized carbons (Fsp3) is 0.316. The van der Waals surface area contributed by atoms with Gasteiger partial charge in [0, 0.05) is 25.6 Å². The van der Waals surface area contributed by atoms with Gasteiger partial charge in [0.25, 0.3) is 0 Å². The quantitative estimate of drug-likeness (QED) is 0.941. The van der Waals surface area contributed by atoms with Gasteiger partial charge in [-0.05, 0) is 30.3 Å². The Hall–Kier alpha value is -2.20. The van der Waals surface area contributed by atoms with E-state index in [1.165, 1.54) is 17.7 Å². The fourth-order valence-electron chi connectivity index (χ4n) is 3.23. The molecule has 1 N–H and O–H groups in total. The minimum Gasteiger partial charge on any atom is -0.352 e. The summed E-state index contributed by atoms with van der Waals surface area (Å²) in [5.74, 6) is -0.0357. The lowest BCUT2D eigenvalue weighted by atomic mass is 9.88. The van der Waals surface area contributed by atoms with Crippen LogP contribution >= 0.6 is 0 Å². The molecular weight excluding hydrogens is 291 g/mol. The first-order valence-corrected chi connectivity index (χ1v) is 7.89. The van der Waals surface area contributed by atoms with Crippen molar-refractivity contribution in [2.24, 2.45) is 5.92 Å². The van der Waals surface area contributed by atoms with Gasteiger partial charge >= 0.3 is 0 Å². The molecule has 120 valence electrons. The highest BCUT2D eigenvalue weighted by atomic mass is 19.1. The van der Waals surface area contributed by atoms with Gasteiger partial charge in [-0.25, -0.2) is 4.39 Å². The van der Waals surface area contributed by atoms with E-state index in [1.807, 2.05) is 25.2 Å². The Morgan fingerprint density at radius 1 is 1.13 bits per heavy atom. The van der Waals surface area contributed by atoms with Gasteiger partial charge in [0.1, 0.15) is 5.82 Å². The van der Waals surface area contributed by atoms with Crippen LogP contribution in [0.1, 0.15) is 17.0 Å². The van der Waals surface area contributed by atoms with E-state index in [2.05, 4.69) is 22.3 Å². The number of benzene rings is 2. The second-order valence-corrected chi connectivity index (χ2v) is 6.19. The van der Waals surface area contributed by atoms with Crippen LogP contribution in [0.15, 0.2) is 54.6 Å². The van der Waals surface area contributed by atoms with Crippen LogP contribution in [-0.2, 0) is 11.3 Å². The second kappa shape index (κ2) is 6.92. The maximum absolute atomic E-state index is 12.9. The highest BCUT2D eigenvalue weighted by Gasteiger charge is 2.36. The number of carbonyl (C=O) groups is 1. The molecule has 1 fully saturated rings. The molecule has 0 aromatic heterocycles. The van der Waals surface area contributed by atoms with Crippen molar-refractivity contribution in [3.05, 3.63) is 71.5 Å². The molecule has 2 aromatic carbocycles. The minimum atomic E-state index is -0.262. The van der Waals surface area contributed by atoms with Gasteiger partial charge in [-0.2, -0.15) is 0 Å². The molecule has 0 aliphatic carbocycles. The van der Waals surface area contributed by atoms with E-state index in [0.29, 0.717) is 6.54 Å². The van der Waals surface area contributed by atoms with E-state index in [9.17, 15) is 9.18 Å². The van der Waals surface area contributed by atoms with Crippen molar-refractivity contribution in [3.8, 4) is 0 Å². The highest BCUT2D eigenvalue weighted by molar-refractivity contribution is 5.80. The molecule has 0 bridgehead atoms. The highest BCUT2D eigenvalue weighted by Crippen LogP contribution is 2.32. The Bertz CT molecular complexity index is 657. The van der Waals surface area contributed by atoms with Crippen LogP contribution in [0.3, 0.4) is 0 Å². The van der Waals surface area contributed by atoms with E-state index >= 15 is 0 Å². The maximum atomic E-state index is 12.9. The molecule has 4 heteroatoms. The summed E-state index contributed by atoms with van der Waals surface area (Å²) in [5.41, 5.74) is 2.11. The van der Waals surface area contributed by atoms with Crippen LogP contribution in [0.2, 0.25) is 0 Å². The predicted octanol–water partition coefficient (Wildman–Crippen LogP) is 2.79. The number of nitrogens with one attached hydrogen (secondary N) is 1. The molecule has 1 saturated heterocycles. The van der Waals surface area contributed by atoms with Crippen LogP contribution in [0.25, 0.3) is 0 Å². The van der Waals surface area contributed by atoms with Gasteiger partial charge in [-0.15, -0.1) is 0 Å². The van der Waals surface area contributed by atoms with E-state index in [4.69, 9.17) is 0 Å². The molecule has 2 atom stereocenters. The third-order valence-corrected chi connectivity index (χ3v) is 4.45. The summed E-state index contributed by atoms with van der Waals surface area (Å²) in [6.45, 7) is 2.08. The zero-order valence-corrected chi connectivity index (χ0v) is 13.2. The first-order valence-electron chi connectivity index (χ1n) is 7.89. The van der Waals surface area contributed by atoms with Crippen LogP contribution in [0.4, 0.5) is 4.39 Å². The third kappa shape index (κ3) is 3.77. The van der Waals surface area contributed by atoms with Gasteiger partial charge in [-0.3, -0.25) is 4.79 Å². The Kier molecular flexibility index (Phi) is 4.72. The first-order chi connectivity index (χ1) is 11.1. The summed E-state index contributed by atoms with van der Waals surface area (Å²) in [7, 11) is 2.04. The van der Waals surface area contributed by atoms with Gasteiger partial charge in [0.15, 0.2) is 0 Å². The monoisotopic (exact) mass is 312 g/mol. The summed E-state index contributed by atoms with van der Waals surface area (Å²) in [4.78, 5) is 14.8. The van der Waals surface area contributed by atoms with Crippen LogP contribution in [0, 0.1) is 11.7 Å². The third-order valence-electron chi connectivity index (χ3n) is 4.45.